The monoisotopic (exact) mass is 311 g/mol. The third kappa shape index (κ3) is 9.33. The van der Waals surface area contributed by atoms with Crippen LogP contribution in [0.1, 0.15) is 0 Å². The molecule has 0 saturated heterocycles. The summed E-state index contributed by atoms with van der Waals surface area (Å²) in [6.45, 7) is 0. The molecule has 0 rings (SSSR count). The number of hydrogen-bond acceptors (Lipinski definition) is 0. The standard InChI is InChI=1S/B2H4.Pt.Zr/c1-2;;/h1-2H2;;. The van der Waals surface area contributed by atoms with Crippen LogP contribution in [0.2, 0.25) is 0 Å². The van der Waals surface area contributed by atoms with Crippen molar-refractivity contribution in [2.45, 2.75) is 0 Å². The van der Waals surface area contributed by atoms with E-state index in [0.717, 1.165) is 0 Å². The van der Waals surface area contributed by atoms with Gasteiger partial charge in [-0.15, -0.1) is 0 Å². The van der Waals surface area contributed by atoms with Crippen LogP contribution in [-0.2, 0) is 47.3 Å². The van der Waals surface area contributed by atoms with Crippen molar-refractivity contribution in [1.29, 1.82) is 0 Å². The quantitative estimate of drug-likeness (QED) is 0.462. The minimum Gasteiger partial charge on any atom is 0 e. The molecule has 0 aliphatic rings. The van der Waals surface area contributed by atoms with Gasteiger partial charge in [-0.05, 0) is 0 Å². The molecule has 0 aromatic rings. The van der Waals surface area contributed by atoms with E-state index in [9.17, 15) is 0 Å². The van der Waals surface area contributed by atoms with E-state index in [1.807, 2.05) is 15.5 Å². The molecular formula is H4B2PtZr. The van der Waals surface area contributed by atoms with Gasteiger partial charge >= 0.3 is 0 Å². The first kappa shape index (κ1) is 17.3. The summed E-state index contributed by atoms with van der Waals surface area (Å²) in [7, 11) is 4.00. The largest absolute Gasteiger partial charge is 0.0643 e. The normalized spacial score (nSPS) is 1.00. The van der Waals surface area contributed by atoms with Crippen molar-refractivity contribution in [2.75, 3.05) is 0 Å². The molecule has 24 valence electrons. The average molecular weight is 312 g/mol. The summed E-state index contributed by atoms with van der Waals surface area (Å²) < 4.78 is 0. The van der Waals surface area contributed by atoms with Crippen molar-refractivity contribution in [3.8, 4) is 0 Å². The summed E-state index contributed by atoms with van der Waals surface area (Å²) in [5, 5.41) is 0. The Morgan fingerprint density at radius 1 is 1.00 bits per heavy atom. The Bertz CT molecular complexity index is 6.00. The first-order chi connectivity index (χ1) is 1.00. The van der Waals surface area contributed by atoms with Gasteiger partial charge in [-0.2, -0.15) is 0 Å². The van der Waals surface area contributed by atoms with Crippen molar-refractivity contribution in [3.05, 3.63) is 0 Å². The van der Waals surface area contributed by atoms with E-state index in [-0.39, 0.29) is 47.3 Å². The van der Waals surface area contributed by atoms with Crippen LogP contribution in [0.4, 0.5) is 0 Å². The second-order valence-corrected chi connectivity index (χ2v) is 0. The maximum Gasteiger partial charge on any atom is 0.0643 e. The molecule has 0 aliphatic carbocycles. The van der Waals surface area contributed by atoms with Crippen molar-refractivity contribution in [1.82, 2.24) is 0 Å². The second kappa shape index (κ2) is 22.3. The van der Waals surface area contributed by atoms with E-state index >= 15 is 0 Å². The fraction of sp³-hybridized carbons (Fsp3) is 0. The van der Waals surface area contributed by atoms with Crippen LogP contribution < -0.4 is 0 Å². The Labute approximate surface area is 62.3 Å². The molecule has 0 unspecified atom stereocenters. The van der Waals surface area contributed by atoms with Gasteiger partial charge in [0, 0.05) is 47.3 Å². The summed E-state index contributed by atoms with van der Waals surface area (Å²) in [5.74, 6) is 0. The zero-order valence-corrected chi connectivity index (χ0v) is 7.55. The molecule has 0 nitrogen and oxygen atoms in total. The molecule has 0 fully saturated rings. The molecule has 4 heavy (non-hydrogen) atoms. The average Bonchev–Trinajstić information content (AvgIpc) is 1.00. The summed E-state index contributed by atoms with van der Waals surface area (Å²) in [4.78, 5) is 0. The van der Waals surface area contributed by atoms with Gasteiger partial charge in [0.2, 0.25) is 0 Å². The minimum atomic E-state index is 0. The first-order valence-electron chi connectivity index (χ1n) is 1.00. The Balaban J connectivity index is -0.00000000500. The number of rotatable bonds is 0. The SMILES string of the molecule is BB.[Pt].[Zr]. The second-order valence-electron chi connectivity index (χ2n) is 0. The predicted molar refractivity (Wildman–Crippen MR) is 17.1 cm³/mol. The minimum absolute atomic E-state index is 0. The van der Waals surface area contributed by atoms with Crippen LogP contribution in [-0.4, -0.2) is 15.5 Å². The van der Waals surface area contributed by atoms with Gasteiger partial charge in [-0.3, -0.25) is 0 Å². The van der Waals surface area contributed by atoms with Crippen LogP contribution in [0, 0.1) is 0 Å². The predicted octanol–water partition coefficient (Wildman–Crippen LogP) is -1.84. The van der Waals surface area contributed by atoms with Gasteiger partial charge in [-0.1, -0.05) is 0 Å². The Morgan fingerprint density at radius 3 is 1.00 bits per heavy atom. The van der Waals surface area contributed by atoms with Gasteiger partial charge in [0.15, 0.2) is 0 Å². The van der Waals surface area contributed by atoms with Crippen LogP contribution in [0.5, 0.6) is 0 Å². The zero-order chi connectivity index (χ0) is 2.00. The van der Waals surface area contributed by atoms with E-state index in [4.69, 9.17) is 0 Å². The fourth-order valence-electron chi connectivity index (χ4n) is 0. The molecule has 0 radical (unpaired) electrons. The van der Waals surface area contributed by atoms with E-state index in [0.29, 0.717) is 0 Å². The van der Waals surface area contributed by atoms with E-state index in [1.54, 1.807) is 0 Å². The molecule has 0 spiro atoms. The maximum absolute atomic E-state index is 2.00. The van der Waals surface area contributed by atoms with Crippen LogP contribution in [0.25, 0.3) is 0 Å². The summed E-state index contributed by atoms with van der Waals surface area (Å²) in [6, 6.07) is 0. The smallest absolute Gasteiger partial charge is 0 e. The molecule has 0 heterocycles. The molecular weight excluding hydrogens is 308 g/mol. The Morgan fingerprint density at radius 2 is 1.00 bits per heavy atom. The Hall–Kier alpha value is 1.70. The Kier molecular flexibility index (Phi) is 96.1. The van der Waals surface area contributed by atoms with Crippen molar-refractivity contribution in [2.24, 2.45) is 0 Å². The molecule has 0 amide bonds. The summed E-state index contributed by atoms with van der Waals surface area (Å²) in [6.07, 6.45) is 0. The molecule has 0 saturated carbocycles. The van der Waals surface area contributed by atoms with Crippen LogP contribution >= 0.6 is 0 Å². The topological polar surface area (TPSA) is 0 Å². The number of hydrogen-bond donors (Lipinski definition) is 0. The van der Waals surface area contributed by atoms with Gasteiger partial charge in [0.25, 0.3) is 0 Å². The molecule has 0 atom stereocenters. The molecule has 0 bridgehead atoms. The summed E-state index contributed by atoms with van der Waals surface area (Å²) >= 11 is 0. The molecule has 0 aliphatic heterocycles. The molecule has 0 N–H and O–H groups in total. The van der Waals surface area contributed by atoms with Gasteiger partial charge < -0.3 is 0 Å². The molecule has 4 heteroatoms. The molecule has 0 aromatic carbocycles. The van der Waals surface area contributed by atoms with Gasteiger partial charge in [-0.25, -0.2) is 0 Å². The van der Waals surface area contributed by atoms with E-state index in [2.05, 4.69) is 0 Å². The van der Waals surface area contributed by atoms with Crippen LogP contribution in [0.3, 0.4) is 0 Å². The fourth-order valence-corrected chi connectivity index (χ4v) is 0. The van der Waals surface area contributed by atoms with Crippen LogP contribution in [0.15, 0.2) is 0 Å². The van der Waals surface area contributed by atoms with Gasteiger partial charge in [0.1, 0.15) is 0 Å². The third-order valence-corrected chi connectivity index (χ3v) is 0. The van der Waals surface area contributed by atoms with Crippen molar-refractivity contribution < 1.29 is 47.3 Å². The van der Waals surface area contributed by atoms with E-state index in [1.165, 1.54) is 0 Å². The maximum atomic E-state index is 2.00. The first-order valence-corrected chi connectivity index (χ1v) is 1.00. The van der Waals surface area contributed by atoms with E-state index < -0.39 is 0 Å². The molecule has 0 aromatic heterocycles. The van der Waals surface area contributed by atoms with Crippen molar-refractivity contribution >= 4 is 15.5 Å². The van der Waals surface area contributed by atoms with Gasteiger partial charge in [0.05, 0.1) is 15.5 Å². The van der Waals surface area contributed by atoms with Crippen molar-refractivity contribution in [3.63, 3.8) is 0 Å². The summed E-state index contributed by atoms with van der Waals surface area (Å²) in [5.41, 5.74) is 0. The third-order valence-electron chi connectivity index (χ3n) is 0. The zero-order valence-electron chi connectivity index (χ0n) is 2.82.